The second kappa shape index (κ2) is 5.29. The zero-order valence-electron chi connectivity index (χ0n) is 6.49. The first-order valence-electron chi connectivity index (χ1n) is 3.34. The Hall–Kier alpha value is -0.390. The van der Waals surface area contributed by atoms with Crippen molar-refractivity contribution in [2.24, 2.45) is 5.14 Å². The van der Waals surface area contributed by atoms with Crippen LogP contribution in [0, 0.1) is 0 Å². The van der Waals surface area contributed by atoms with Gasteiger partial charge >= 0.3 is 10.3 Å². The average molecular weight is 179 g/mol. The lowest BCUT2D eigenvalue weighted by atomic mass is 10.3. The fourth-order valence-electron chi connectivity index (χ4n) is 0.543. The fraction of sp³-hybridized carbons (Fsp3) is 0.667. The van der Waals surface area contributed by atoms with E-state index in [0.717, 1.165) is 6.42 Å². The van der Waals surface area contributed by atoms with Crippen LogP contribution in [0.25, 0.3) is 0 Å². The lowest BCUT2D eigenvalue weighted by molar-refractivity contribution is 0.314. The van der Waals surface area contributed by atoms with Crippen LogP contribution in [0.15, 0.2) is 12.2 Å². The van der Waals surface area contributed by atoms with Crippen LogP contribution in [0.2, 0.25) is 0 Å². The Labute approximate surface area is 67.3 Å². The zero-order chi connectivity index (χ0) is 8.74. The van der Waals surface area contributed by atoms with Gasteiger partial charge in [-0.2, -0.15) is 8.42 Å². The molecule has 0 aliphatic rings. The largest absolute Gasteiger partial charge is 0.333 e. The Kier molecular flexibility index (Phi) is 5.10. The standard InChI is InChI=1S/C6H13NO3S/c1-2-3-4-5-6-10-11(7,8)9/h2-3H,4-6H2,1H3,(H2,7,8,9)/b3-2-. The molecule has 0 heterocycles. The average Bonchev–Trinajstić information content (AvgIpc) is 1.85. The van der Waals surface area contributed by atoms with E-state index in [1.807, 2.05) is 19.1 Å². The van der Waals surface area contributed by atoms with Crippen molar-refractivity contribution in [1.82, 2.24) is 0 Å². The first-order valence-corrected chi connectivity index (χ1v) is 4.81. The van der Waals surface area contributed by atoms with Gasteiger partial charge in [0.2, 0.25) is 0 Å². The van der Waals surface area contributed by atoms with E-state index < -0.39 is 10.3 Å². The molecule has 0 bridgehead atoms. The molecule has 66 valence electrons. The molecule has 0 aromatic rings. The van der Waals surface area contributed by atoms with Crippen LogP contribution in [-0.4, -0.2) is 15.0 Å². The van der Waals surface area contributed by atoms with Crippen LogP contribution in [0.1, 0.15) is 19.8 Å². The SMILES string of the molecule is C/C=C\CCCOS(N)(=O)=O. The predicted molar refractivity (Wildman–Crippen MR) is 43.1 cm³/mol. The number of allylic oxidation sites excluding steroid dienone is 2. The summed E-state index contributed by atoms with van der Waals surface area (Å²) >= 11 is 0. The highest BCUT2D eigenvalue weighted by atomic mass is 32.2. The highest BCUT2D eigenvalue weighted by molar-refractivity contribution is 7.84. The molecule has 0 aromatic heterocycles. The number of nitrogens with two attached hydrogens (primary N) is 1. The molecule has 0 aliphatic heterocycles. The molecule has 0 saturated heterocycles. The molecule has 0 aromatic carbocycles. The van der Waals surface area contributed by atoms with Crippen LogP contribution >= 0.6 is 0 Å². The van der Waals surface area contributed by atoms with Crippen LogP contribution in [0.4, 0.5) is 0 Å². The lowest BCUT2D eigenvalue weighted by Crippen LogP contribution is -2.16. The fourth-order valence-corrected chi connectivity index (χ4v) is 0.893. The zero-order valence-corrected chi connectivity index (χ0v) is 7.30. The Morgan fingerprint density at radius 2 is 2.18 bits per heavy atom. The summed E-state index contributed by atoms with van der Waals surface area (Å²) in [5.41, 5.74) is 0. The maximum absolute atomic E-state index is 10.2. The summed E-state index contributed by atoms with van der Waals surface area (Å²) in [4.78, 5) is 0. The molecule has 0 rings (SSSR count). The molecule has 11 heavy (non-hydrogen) atoms. The van der Waals surface area contributed by atoms with E-state index in [1.165, 1.54) is 0 Å². The van der Waals surface area contributed by atoms with E-state index in [-0.39, 0.29) is 6.61 Å². The molecule has 0 amide bonds. The van der Waals surface area contributed by atoms with Crippen LogP contribution in [0.5, 0.6) is 0 Å². The molecule has 0 atom stereocenters. The quantitative estimate of drug-likeness (QED) is 0.495. The molecule has 0 aliphatic carbocycles. The minimum absolute atomic E-state index is 0.156. The van der Waals surface area contributed by atoms with Gasteiger partial charge in [0, 0.05) is 0 Å². The van der Waals surface area contributed by atoms with Crippen molar-refractivity contribution in [3.63, 3.8) is 0 Å². The van der Waals surface area contributed by atoms with E-state index in [2.05, 4.69) is 9.32 Å². The van der Waals surface area contributed by atoms with Gasteiger partial charge in [0.15, 0.2) is 0 Å². The molecular weight excluding hydrogens is 166 g/mol. The number of hydrogen-bond acceptors (Lipinski definition) is 3. The third-order valence-electron chi connectivity index (χ3n) is 0.998. The third-order valence-corrected chi connectivity index (χ3v) is 1.49. The third kappa shape index (κ3) is 9.61. The van der Waals surface area contributed by atoms with Crippen molar-refractivity contribution in [2.75, 3.05) is 6.61 Å². The first kappa shape index (κ1) is 10.6. The Balaban J connectivity index is 3.29. The topological polar surface area (TPSA) is 69.4 Å². The normalized spacial score (nSPS) is 12.5. The molecule has 0 saturated carbocycles. The Bertz CT molecular complexity index is 208. The van der Waals surface area contributed by atoms with Crippen molar-refractivity contribution in [3.05, 3.63) is 12.2 Å². The van der Waals surface area contributed by atoms with E-state index >= 15 is 0 Å². The maximum Gasteiger partial charge on any atom is 0.333 e. The molecule has 0 fully saturated rings. The van der Waals surface area contributed by atoms with Crippen molar-refractivity contribution in [3.8, 4) is 0 Å². The minimum atomic E-state index is -3.74. The van der Waals surface area contributed by atoms with Gasteiger partial charge in [0.05, 0.1) is 6.61 Å². The van der Waals surface area contributed by atoms with E-state index in [1.54, 1.807) is 0 Å². The van der Waals surface area contributed by atoms with Gasteiger partial charge in [0.1, 0.15) is 0 Å². The molecular formula is C6H13NO3S. The predicted octanol–water partition coefficient (Wildman–Crippen LogP) is 0.563. The highest BCUT2D eigenvalue weighted by Gasteiger charge is 1.99. The van der Waals surface area contributed by atoms with E-state index in [4.69, 9.17) is 0 Å². The van der Waals surface area contributed by atoms with Gasteiger partial charge in [-0.3, -0.25) is 4.18 Å². The van der Waals surface area contributed by atoms with Crippen LogP contribution in [0.3, 0.4) is 0 Å². The summed E-state index contributed by atoms with van der Waals surface area (Å²) in [5, 5.41) is 4.58. The molecule has 0 radical (unpaired) electrons. The van der Waals surface area contributed by atoms with Crippen molar-refractivity contribution in [1.29, 1.82) is 0 Å². The van der Waals surface area contributed by atoms with Crippen LogP contribution < -0.4 is 5.14 Å². The molecule has 0 spiro atoms. The Morgan fingerprint density at radius 3 is 2.64 bits per heavy atom. The number of hydrogen-bond donors (Lipinski definition) is 1. The number of rotatable bonds is 5. The molecule has 5 heteroatoms. The van der Waals surface area contributed by atoms with E-state index in [0.29, 0.717) is 6.42 Å². The highest BCUT2D eigenvalue weighted by Crippen LogP contribution is 1.93. The Morgan fingerprint density at radius 1 is 1.55 bits per heavy atom. The van der Waals surface area contributed by atoms with Gasteiger partial charge in [-0.1, -0.05) is 12.2 Å². The maximum atomic E-state index is 10.2. The number of unbranched alkanes of at least 4 members (excludes halogenated alkanes) is 1. The van der Waals surface area contributed by atoms with Crippen molar-refractivity contribution >= 4 is 10.3 Å². The summed E-state index contributed by atoms with van der Waals surface area (Å²) in [6.45, 7) is 2.06. The second-order valence-electron chi connectivity index (χ2n) is 2.03. The summed E-state index contributed by atoms with van der Waals surface area (Å²) < 4.78 is 24.7. The van der Waals surface area contributed by atoms with E-state index in [9.17, 15) is 8.42 Å². The molecule has 2 N–H and O–H groups in total. The first-order chi connectivity index (χ1) is 5.06. The second-order valence-corrected chi connectivity index (χ2v) is 3.25. The lowest BCUT2D eigenvalue weighted by Gasteiger charge is -1.97. The van der Waals surface area contributed by atoms with Gasteiger partial charge in [-0.25, -0.2) is 5.14 Å². The van der Waals surface area contributed by atoms with Crippen molar-refractivity contribution in [2.45, 2.75) is 19.8 Å². The summed E-state index contributed by atoms with van der Waals surface area (Å²) in [6.07, 6.45) is 5.32. The van der Waals surface area contributed by atoms with Gasteiger partial charge in [-0.05, 0) is 19.8 Å². The van der Waals surface area contributed by atoms with Crippen LogP contribution in [-0.2, 0) is 14.5 Å². The summed E-state index contributed by atoms with van der Waals surface area (Å²) in [6, 6.07) is 0. The van der Waals surface area contributed by atoms with Gasteiger partial charge in [-0.15, -0.1) is 0 Å². The minimum Gasteiger partial charge on any atom is -0.258 e. The van der Waals surface area contributed by atoms with Gasteiger partial charge in [0.25, 0.3) is 0 Å². The molecule has 4 nitrogen and oxygen atoms in total. The smallest absolute Gasteiger partial charge is 0.258 e. The van der Waals surface area contributed by atoms with Crippen molar-refractivity contribution < 1.29 is 12.6 Å². The molecule has 0 unspecified atom stereocenters. The monoisotopic (exact) mass is 179 g/mol. The summed E-state index contributed by atoms with van der Waals surface area (Å²) in [7, 11) is -3.74. The van der Waals surface area contributed by atoms with Gasteiger partial charge < -0.3 is 0 Å². The summed E-state index contributed by atoms with van der Waals surface area (Å²) in [5.74, 6) is 0.